The molecule has 0 aliphatic heterocycles. The van der Waals surface area contributed by atoms with Crippen LogP contribution < -0.4 is 4.74 Å². The number of halogens is 3. The minimum Gasteiger partial charge on any atom is -0.488 e. The zero-order chi connectivity index (χ0) is 26.1. The topological polar surface area (TPSA) is 90.1 Å². The summed E-state index contributed by atoms with van der Waals surface area (Å²) in [4.78, 5) is 23.8. The van der Waals surface area contributed by atoms with Crippen molar-refractivity contribution in [3.63, 3.8) is 0 Å². The van der Waals surface area contributed by atoms with Crippen molar-refractivity contribution < 1.29 is 23.4 Å². The average Bonchev–Trinajstić information content (AvgIpc) is 3.24. The lowest BCUT2D eigenvalue weighted by Gasteiger charge is -2.32. The second-order valence-corrected chi connectivity index (χ2v) is 9.73. The third kappa shape index (κ3) is 5.13. The fraction of sp³-hybridized carbons (Fsp3) is 0.333. The summed E-state index contributed by atoms with van der Waals surface area (Å²) >= 11 is 6.11. The molecule has 1 saturated carbocycles. The van der Waals surface area contributed by atoms with Crippen molar-refractivity contribution in [2.45, 2.75) is 45.1 Å². The number of imidazole rings is 1. The Bertz CT molecular complexity index is 1450. The van der Waals surface area contributed by atoms with Crippen molar-refractivity contribution in [1.29, 1.82) is 0 Å². The van der Waals surface area contributed by atoms with Crippen molar-refractivity contribution in [2.24, 2.45) is 5.92 Å². The molecule has 37 heavy (non-hydrogen) atoms. The minimum absolute atomic E-state index is 0.187. The van der Waals surface area contributed by atoms with Gasteiger partial charge in [-0.25, -0.2) is 28.5 Å². The van der Waals surface area contributed by atoms with Gasteiger partial charge in [-0.3, -0.25) is 0 Å². The molecule has 1 fully saturated rings. The SMILES string of the molecule is Cc1nc(C(=O)O)ncc1OCC(C1CCCCC1)n1c(-c2ccc(Cl)cc2)nc2cc(F)c(F)cc21. The molecule has 5 rings (SSSR count). The van der Waals surface area contributed by atoms with E-state index >= 15 is 0 Å². The third-order valence-electron chi connectivity index (χ3n) is 6.89. The molecule has 1 aliphatic carbocycles. The van der Waals surface area contributed by atoms with Gasteiger partial charge in [0.15, 0.2) is 17.4 Å². The molecule has 2 aromatic carbocycles. The highest BCUT2D eigenvalue weighted by Crippen LogP contribution is 2.39. The van der Waals surface area contributed by atoms with Gasteiger partial charge >= 0.3 is 5.97 Å². The number of hydrogen-bond donors (Lipinski definition) is 1. The van der Waals surface area contributed by atoms with Gasteiger partial charge in [0, 0.05) is 22.7 Å². The molecule has 7 nitrogen and oxygen atoms in total. The number of ether oxygens (including phenoxy) is 1. The van der Waals surface area contributed by atoms with Crippen molar-refractivity contribution in [2.75, 3.05) is 6.61 Å². The fourth-order valence-electron chi connectivity index (χ4n) is 5.05. The molecule has 0 radical (unpaired) electrons. The molecule has 2 heterocycles. The van der Waals surface area contributed by atoms with E-state index in [1.807, 2.05) is 16.7 Å². The quantitative estimate of drug-likeness (QED) is 0.290. The number of benzene rings is 2. The van der Waals surface area contributed by atoms with Gasteiger partial charge in [0.2, 0.25) is 5.82 Å². The van der Waals surface area contributed by atoms with Crippen molar-refractivity contribution >= 4 is 28.6 Å². The number of carboxylic acids is 1. The van der Waals surface area contributed by atoms with Crippen LogP contribution in [0.4, 0.5) is 8.78 Å². The molecule has 0 spiro atoms. The van der Waals surface area contributed by atoms with Gasteiger partial charge in [-0.2, -0.15) is 0 Å². The molecule has 0 amide bonds. The van der Waals surface area contributed by atoms with E-state index in [1.165, 1.54) is 12.3 Å². The first-order valence-corrected chi connectivity index (χ1v) is 12.5. The standard InChI is InChI=1S/C27H25ClF2N4O3/c1-15-24(13-31-25(32-15)27(35)36)37-14-23(16-5-3-2-4-6-16)34-22-12-20(30)19(29)11-21(22)33-26(34)17-7-9-18(28)10-8-17/h7-13,16,23H,2-6,14H2,1H3,(H,35,36). The predicted molar refractivity (Wildman–Crippen MR) is 135 cm³/mol. The first-order valence-electron chi connectivity index (χ1n) is 12.1. The highest BCUT2D eigenvalue weighted by atomic mass is 35.5. The van der Waals surface area contributed by atoms with E-state index in [4.69, 9.17) is 21.3 Å². The monoisotopic (exact) mass is 526 g/mol. The first-order chi connectivity index (χ1) is 17.8. The second kappa shape index (κ2) is 10.4. The van der Waals surface area contributed by atoms with Crippen molar-refractivity contribution in [1.82, 2.24) is 19.5 Å². The second-order valence-electron chi connectivity index (χ2n) is 9.29. The van der Waals surface area contributed by atoms with Gasteiger partial charge in [-0.15, -0.1) is 0 Å². The summed E-state index contributed by atoms with van der Waals surface area (Å²) in [7, 11) is 0. The normalized spacial score (nSPS) is 15.1. The summed E-state index contributed by atoms with van der Waals surface area (Å²) in [5, 5.41) is 9.74. The van der Waals surface area contributed by atoms with E-state index in [9.17, 15) is 18.7 Å². The maximum atomic E-state index is 14.5. The molecule has 1 atom stereocenters. The summed E-state index contributed by atoms with van der Waals surface area (Å²) in [5.74, 6) is -2.32. The Morgan fingerprint density at radius 2 is 1.84 bits per heavy atom. The van der Waals surface area contributed by atoms with Crippen LogP contribution >= 0.6 is 11.6 Å². The lowest BCUT2D eigenvalue weighted by Crippen LogP contribution is -2.28. The number of fused-ring (bicyclic) bond motifs is 1. The van der Waals surface area contributed by atoms with Crippen LogP contribution in [0.2, 0.25) is 5.02 Å². The van der Waals surface area contributed by atoms with Gasteiger partial charge in [0.25, 0.3) is 0 Å². The van der Waals surface area contributed by atoms with E-state index in [-0.39, 0.29) is 24.4 Å². The molecular formula is C27H25ClF2N4O3. The van der Waals surface area contributed by atoms with Crippen LogP contribution in [0.25, 0.3) is 22.4 Å². The largest absolute Gasteiger partial charge is 0.488 e. The number of aromatic nitrogens is 4. The van der Waals surface area contributed by atoms with Crippen LogP contribution in [-0.2, 0) is 0 Å². The molecule has 1 N–H and O–H groups in total. The Kier molecular flexibility index (Phi) is 7.06. The average molecular weight is 527 g/mol. The van der Waals surface area contributed by atoms with Crippen LogP contribution in [0.3, 0.4) is 0 Å². The third-order valence-corrected chi connectivity index (χ3v) is 7.15. The molecular weight excluding hydrogens is 502 g/mol. The Labute approximate surface area is 217 Å². The van der Waals surface area contributed by atoms with Gasteiger partial charge in [-0.05, 0) is 49.9 Å². The fourth-order valence-corrected chi connectivity index (χ4v) is 5.17. The van der Waals surface area contributed by atoms with Crippen LogP contribution in [0.5, 0.6) is 5.75 Å². The van der Waals surface area contributed by atoms with E-state index < -0.39 is 17.6 Å². The Balaban J connectivity index is 1.61. The maximum absolute atomic E-state index is 14.5. The van der Waals surface area contributed by atoms with E-state index in [0.29, 0.717) is 33.3 Å². The Morgan fingerprint density at radius 3 is 2.51 bits per heavy atom. The minimum atomic E-state index is -1.22. The lowest BCUT2D eigenvalue weighted by molar-refractivity contribution is 0.0682. The van der Waals surface area contributed by atoms with Crippen molar-refractivity contribution in [3.05, 3.63) is 70.8 Å². The number of nitrogens with zero attached hydrogens (tertiary/aromatic N) is 4. The Morgan fingerprint density at radius 1 is 1.14 bits per heavy atom. The number of carboxylic acid groups (broad SMARTS) is 1. The summed E-state index contributed by atoms with van der Waals surface area (Å²) in [6, 6.07) is 9.18. The van der Waals surface area contributed by atoms with Gasteiger partial charge < -0.3 is 14.4 Å². The van der Waals surface area contributed by atoms with Gasteiger partial charge in [0.1, 0.15) is 12.4 Å². The number of aryl methyl sites for hydroxylation is 1. The predicted octanol–water partition coefficient (Wildman–Crippen LogP) is 6.63. The van der Waals surface area contributed by atoms with Crippen LogP contribution in [0.1, 0.15) is 54.5 Å². The van der Waals surface area contributed by atoms with Crippen LogP contribution in [0, 0.1) is 24.5 Å². The zero-order valence-corrected chi connectivity index (χ0v) is 20.9. The van der Waals surface area contributed by atoms with E-state index in [1.54, 1.807) is 19.1 Å². The summed E-state index contributed by atoms with van der Waals surface area (Å²) < 4.78 is 36.8. The Hall–Kier alpha value is -3.59. The van der Waals surface area contributed by atoms with Gasteiger partial charge in [0.05, 0.1) is 29.0 Å². The number of aromatic carboxylic acids is 1. The lowest BCUT2D eigenvalue weighted by atomic mass is 9.83. The van der Waals surface area contributed by atoms with E-state index in [0.717, 1.165) is 43.7 Å². The highest BCUT2D eigenvalue weighted by Gasteiger charge is 2.30. The smallest absolute Gasteiger partial charge is 0.373 e. The molecule has 10 heteroatoms. The summed E-state index contributed by atoms with van der Waals surface area (Å²) in [6.45, 7) is 1.84. The molecule has 1 aliphatic rings. The zero-order valence-electron chi connectivity index (χ0n) is 20.1. The van der Waals surface area contributed by atoms with E-state index in [2.05, 4.69) is 9.97 Å². The molecule has 1 unspecified atom stereocenters. The molecule has 0 saturated heterocycles. The highest BCUT2D eigenvalue weighted by molar-refractivity contribution is 6.30. The number of rotatable bonds is 7. The maximum Gasteiger partial charge on any atom is 0.373 e. The van der Waals surface area contributed by atoms with Crippen LogP contribution in [-0.4, -0.2) is 37.2 Å². The summed E-state index contributed by atoms with van der Waals surface area (Å²) in [6.07, 6.45) is 6.51. The molecule has 0 bridgehead atoms. The molecule has 2 aromatic heterocycles. The molecule has 4 aromatic rings. The van der Waals surface area contributed by atoms with Crippen LogP contribution in [0.15, 0.2) is 42.6 Å². The van der Waals surface area contributed by atoms with Crippen molar-refractivity contribution in [3.8, 4) is 17.1 Å². The molecule has 192 valence electrons. The first kappa shape index (κ1) is 25.1. The number of carbonyl (C=O) groups is 1. The summed E-state index contributed by atoms with van der Waals surface area (Å²) in [5.41, 5.74) is 1.97. The van der Waals surface area contributed by atoms with Gasteiger partial charge in [-0.1, -0.05) is 30.9 Å². The number of hydrogen-bond acceptors (Lipinski definition) is 5.